The quantitative estimate of drug-likeness (QED) is 0.583. The van der Waals surface area contributed by atoms with Crippen molar-refractivity contribution in [2.75, 3.05) is 18.0 Å². The van der Waals surface area contributed by atoms with Gasteiger partial charge in [-0.2, -0.15) is 0 Å². The lowest BCUT2D eigenvalue weighted by Crippen LogP contribution is -2.50. The smallest absolute Gasteiger partial charge is 0.290 e. The first kappa shape index (κ1) is 11.5. The molecule has 6 heteroatoms. The number of hydrogen-bond donors (Lipinski definition) is 0. The molecule has 1 aliphatic heterocycles. The van der Waals surface area contributed by atoms with Gasteiger partial charge in [0.05, 0.1) is 10.8 Å². The fourth-order valence-corrected chi connectivity index (χ4v) is 1.83. The van der Waals surface area contributed by atoms with E-state index in [0.717, 1.165) is 0 Å². The van der Waals surface area contributed by atoms with E-state index in [-0.39, 0.29) is 17.4 Å². The van der Waals surface area contributed by atoms with Crippen LogP contribution in [0.5, 0.6) is 0 Å². The molecule has 1 aliphatic rings. The summed E-state index contributed by atoms with van der Waals surface area (Å²) in [5.74, 6) is 0.956. The number of anilines is 1. The molecule has 0 unspecified atom stereocenters. The van der Waals surface area contributed by atoms with Gasteiger partial charge in [0.2, 0.25) is 0 Å². The molecule has 0 amide bonds. The summed E-state index contributed by atoms with van der Waals surface area (Å²) in [6, 6.07) is 3.08. The third kappa shape index (κ3) is 2.11. The molecule has 17 heavy (non-hydrogen) atoms. The molecule has 2 rings (SSSR count). The monoisotopic (exact) mass is 235 g/mol. The largest absolute Gasteiger partial charge is 0.355 e. The maximum absolute atomic E-state index is 11.1. The Kier molecular flexibility index (Phi) is 2.79. The van der Waals surface area contributed by atoms with Crippen LogP contribution in [0.4, 0.5) is 11.5 Å². The number of nitrogens with zero attached hydrogens (tertiary/aromatic N) is 3. The summed E-state index contributed by atoms with van der Waals surface area (Å²) in [4.78, 5) is 27.4. The number of hydrogen-bond acceptors (Lipinski definition) is 5. The molecular weight excluding hydrogens is 222 g/mol. The van der Waals surface area contributed by atoms with E-state index in [1.165, 1.54) is 6.07 Å². The van der Waals surface area contributed by atoms with E-state index in [0.29, 0.717) is 24.6 Å². The average molecular weight is 235 g/mol. The molecule has 1 aromatic rings. The number of rotatable bonds is 3. The lowest BCUT2D eigenvalue weighted by molar-refractivity contribution is -0.385. The van der Waals surface area contributed by atoms with Crippen LogP contribution in [0.15, 0.2) is 12.1 Å². The Labute approximate surface area is 98.4 Å². The highest BCUT2D eigenvalue weighted by molar-refractivity contribution is 5.81. The van der Waals surface area contributed by atoms with Crippen molar-refractivity contribution in [1.29, 1.82) is 0 Å². The third-order valence-corrected chi connectivity index (χ3v) is 3.02. The highest BCUT2D eigenvalue weighted by atomic mass is 16.6. The number of Topliss-reactive ketones (excluding diaryl/α,β-unsaturated/α-hetero) is 1. The normalized spacial score (nSPS) is 15.5. The average Bonchev–Trinajstić information content (AvgIpc) is 2.13. The number of carbonyl (C=O) groups is 1. The maximum Gasteiger partial charge on any atom is 0.290 e. The zero-order chi connectivity index (χ0) is 12.6. The van der Waals surface area contributed by atoms with Gasteiger partial charge in [-0.1, -0.05) is 0 Å². The summed E-state index contributed by atoms with van der Waals surface area (Å²) in [7, 11) is 0. The van der Waals surface area contributed by atoms with Crippen molar-refractivity contribution in [3.05, 3.63) is 27.9 Å². The van der Waals surface area contributed by atoms with Crippen LogP contribution in [0.2, 0.25) is 0 Å². The van der Waals surface area contributed by atoms with Crippen molar-refractivity contribution < 1.29 is 9.72 Å². The van der Waals surface area contributed by atoms with E-state index in [9.17, 15) is 14.9 Å². The minimum absolute atomic E-state index is 0.0254. The molecule has 90 valence electrons. The van der Waals surface area contributed by atoms with Crippen LogP contribution in [0.3, 0.4) is 0 Å². The summed E-state index contributed by atoms with van der Waals surface area (Å²) in [6.45, 7) is 4.50. The topological polar surface area (TPSA) is 76.3 Å². The Bertz CT molecular complexity index is 481. The fourth-order valence-electron chi connectivity index (χ4n) is 1.83. The zero-order valence-electron chi connectivity index (χ0n) is 9.71. The molecule has 0 aliphatic carbocycles. The van der Waals surface area contributed by atoms with E-state index in [4.69, 9.17) is 0 Å². The molecule has 6 nitrogen and oxygen atoms in total. The van der Waals surface area contributed by atoms with Gasteiger partial charge in [0.15, 0.2) is 0 Å². The van der Waals surface area contributed by atoms with E-state index in [1.54, 1.807) is 19.9 Å². The minimum Gasteiger partial charge on any atom is -0.355 e. The summed E-state index contributed by atoms with van der Waals surface area (Å²) in [6.07, 6.45) is 0. The van der Waals surface area contributed by atoms with E-state index in [1.807, 2.05) is 4.90 Å². The first-order chi connectivity index (χ1) is 7.99. The molecular formula is C11H13N3O3. The Hall–Kier alpha value is -1.98. The summed E-state index contributed by atoms with van der Waals surface area (Å²) >= 11 is 0. The summed E-state index contributed by atoms with van der Waals surface area (Å²) < 4.78 is 0. The van der Waals surface area contributed by atoms with Crippen LogP contribution in [0.25, 0.3) is 0 Å². The first-order valence-electron chi connectivity index (χ1n) is 5.36. The van der Waals surface area contributed by atoms with Gasteiger partial charge >= 0.3 is 0 Å². The second kappa shape index (κ2) is 4.12. The van der Waals surface area contributed by atoms with Crippen LogP contribution in [-0.4, -0.2) is 28.8 Å². The van der Waals surface area contributed by atoms with Crippen LogP contribution in [0, 0.1) is 23.0 Å². The molecule has 0 saturated carbocycles. The summed E-state index contributed by atoms with van der Waals surface area (Å²) in [5, 5.41) is 10.6. The molecule has 0 bridgehead atoms. The van der Waals surface area contributed by atoms with Crippen LogP contribution in [-0.2, 0) is 4.79 Å². The molecule has 0 aromatic carbocycles. The van der Waals surface area contributed by atoms with Crippen molar-refractivity contribution in [1.82, 2.24) is 4.98 Å². The predicted molar refractivity (Wildman–Crippen MR) is 62.0 cm³/mol. The fraction of sp³-hybridized carbons (Fsp3) is 0.455. The number of aryl methyl sites for hydroxylation is 1. The molecule has 2 heterocycles. The van der Waals surface area contributed by atoms with Gasteiger partial charge in [-0.05, 0) is 19.9 Å². The van der Waals surface area contributed by atoms with Crippen molar-refractivity contribution in [3.8, 4) is 0 Å². The molecule has 0 radical (unpaired) electrons. The molecule has 1 fully saturated rings. The van der Waals surface area contributed by atoms with Gasteiger partial charge in [-0.15, -0.1) is 0 Å². The van der Waals surface area contributed by atoms with E-state index >= 15 is 0 Å². The van der Waals surface area contributed by atoms with Crippen molar-refractivity contribution in [2.24, 2.45) is 5.92 Å². The van der Waals surface area contributed by atoms with E-state index in [2.05, 4.69) is 4.98 Å². The number of aromatic nitrogens is 1. The zero-order valence-corrected chi connectivity index (χ0v) is 9.71. The van der Waals surface area contributed by atoms with Crippen molar-refractivity contribution in [3.63, 3.8) is 0 Å². The predicted octanol–water partition coefficient (Wildman–Crippen LogP) is 1.32. The van der Waals surface area contributed by atoms with Gasteiger partial charge < -0.3 is 4.90 Å². The molecule has 0 N–H and O–H groups in total. The van der Waals surface area contributed by atoms with Crippen LogP contribution >= 0.6 is 0 Å². The van der Waals surface area contributed by atoms with E-state index < -0.39 is 4.92 Å². The standard InChI is InChI=1S/C11H13N3O3/c1-7-10(14(16)17)3-4-11(12-7)13-5-9(6-13)8(2)15/h3-4,9H,5-6H2,1-2H3. The number of pyridine rings is 1. The Balaban J connectivity index is 2.12. The Morgan fingerprint density at radius 1 is 1.53 bits per heavy atom. The lowest BCUT2D eigenvalue weighted by atomic mass is 9.96. The minimum atomic E-state index is -0.444. The Morgan fingerprint density at radius 3 is 2.65 bits per heavy atom. The molecule has 0 atom stereocenters. The number of nitro groups is 1. The second-order valence-corrected chi connectivity index (χ2v) is 4.24. The van der Waals surface area contributed by atoms with Crippen LogP contribution in [0.1, 0.15) is 12.6 Å². The van der Waals surface area contributed by atoms with Gasteiger partial charge in [-0.3, -0.25) is 14.9 Å². The number of ketones is 1. The maximum atomic E-state index is 11.1. The highest BCUT2D eigenvalue weighted by Gasteiger charge is 2.31. The molecule has 1 saturated heterocycles. The van der Waals surface area contributed by atoms with Gasteiger partial charge in [0, 0.05) is 19.2 Å². The highest BCUT2D eigenvalue weighted by Crippen LogP contribution is 2.26. The van der Waals surface area contributed by atoms with Gasteiger partial charge in [0.25, 0.3) is 5.69 Å². The SMILES string of the molecule is CC(=O)C1CN(c2ccc([N+](=O)[O-])c(C)n2)C1. The third-order valence-electron chi connectivity index (χ3n) is 3.02. The van der Waals surface area contributed by atoms with Crippen molar-refractivity contribution >= 4 is 17.3 Å². The van der Waals surface area contributed by atoms with Crippen molar-refractivity contribution in [2.45, 2.75) is 13.8 Å². The molecule has 1 aromatic heterocycles. The summed E-state index contributed by atoms with van der Waals surface area (Å²) in [5.41, 5.74) is 0.427. The Morgan fingerprint density at radius 2 is 2.18 bits per heavy atom. The first-order valence-corrected chi connectivity index (χ1v) is 5.36. The number of carbonyl (C=O) groups excluding carboxylic acids is 1. The van der Waals surface area contributed by atoms with Gasteiger partial charge in [-0.25, -0.2) is 4.98 Å². The van der Waals surface area contributed by atoms with Crippen LogP contribution < -0.4 is 4.90 Å². The molecule has 0 spiro atoms. The second-order valence-electron chi connectivity index (χ2n) is 4.24. The lowest BCUT2D eigenvalue weighted by Gasteiger charge is -2.38. The van der Waals surface area contributed by atoms with Gasteiger partial charge in [0.1, 0.15) is 17.3 Å².